The summed E-state index contributed by atoms with van der Waals surface area (Å²) in [6.07, 6.45) is 4.06. The van der Waals surface area contributed by atoms with Crippen LogP contribution in [0.1, 0.15) is 39.0 Å². The van der Waals surface area contributed by atoms with Gasteiger partial charge in [-0.2, -0.15) is 0 Å². The molecule has 0 saturated heterocycles. The Morgan fingerprint density at radius 2 is 2.14 bits per heavy atom. The monoisotopic (exact) mass is 199 g/mol. The van der Waals surface area contributed by atoms with E-state index in [0.717, 1.165) is 12.8 Å². The normalized spacial score (nSPS) is 18.4. The highest BCUT2D eigenvalue weighted by molar-refractivity contribution is 5.77. The molecule has 1 atom stereocenters. The molecule has 0 aromatic carbocycles. The van der Waals surface area contributed by atoms with Crippen molar-refractivity contribution in [3.63, 3.8) is 0 Å². The van der Waals surface area contributed by atoms with Gasteiger partial charge in [0.15, 0.2) is 0 Å². The van der Waals surface area contributed by atoms with Gasteiger partial charge in [-0.25, -0.2) is 0 Å². The molecule has 0 heterocycles. The van der Waals surface area contributed by atoms with Crippen molar-refractivity contribution in [3.8, 4) is 0 Å². The summed E-state index contributed by atoms with van der Waals surface area (Å²) in [7, 11) is 0. The number of hydrogen-bond donors (Lipinski definition) is 2. The summed E-state index contributed by atoms with van der Waals surface area (Å²) in [5.41, 5.74) is 0. The number of aliphatic carboxylic acids is 1. The largest absolute Gasteiger partial charge is 0.481 e. The first-order valence-electron chi connectivity index (χ1n) is 5.09. The second-order valence-electron chi connectivity index (χ2n) is 4.07. The van der Waals surface area contributed by atoms with Crippen LogP contribution in [0.5, 0.6) is 0 Å². The van der Waals surface area contributed by atoms with Crippen LogP contribution < -0.4 is 5.32 Å². The zero-order chi connectivity index (χ0) is 10.6. The molecule has 0 aromatic heterocycles. The van der Waals surface area contributed by atoms with Crippen molar-refractivity contribution in [2.75, 3.05) is 0 Å². The van der Waals surface area contributed by atoms with Gasteiger partial charge in [-0.1, -0.05) is 6.42 Å². The molecule has 0 radical (unpaired) electrons. The minimum Gasteiger partial charge on any atom is -0.481 e. The lowest BCUT2D eigenvalue weighted by Crippen LogP contribution is -2.35. The molecule has 4 heteroatoms. The van der Waals surface area contributed by atoms with E-state index in [4.69, 9.17) is 5.11 Å². The van der Waals surface area contributed by atoms with E-state index in [9.17, 15) is 9.59 Å². The van der Waals surface area contributed by atoms with Crippen LogP contribution in [-0.4, -0.2) is 23.0 Å². The van der Waals surface area contributed by atoms with Crippen molar-refractivity contribution in [2.24, 2.45) is 5.92 Å². The molecule has 14 heavy (non-hydrogen) atoms. The number of nitrogens with one attached hydrogen (secondary N) is 1. The Hall–Kier alpha value is -1.06. The van der Waals surface area contributed by atoms with Gasteiger partial charge >= 0.3 is 5.97 Å². The summed E-state index contributed by atoms with van der Waals surface area (Å²) in [5.74, 6) is -0.350. The van der Waals surface area contributed by atoms with Crippen molar-refractivity contribution >= 4 is 11.9 Å². The minimum atomic E-state index is -0.874. The molecule has 0 aromatic rings. The van der Waals surface area contributed by atoms with Crippen LogP contribution in [0.3, 0.4) is 0 Å². The molecule has 80 valence electrons. The van der Waals surface area contributed by atoms with Gasteiger partial charge in [-0.15, -0.1) is 0 Å². The van der Waals surface area contributed by atoms with E-state index in [2.05, 4.69) is 5.32 Å². The fourth-order valence-corrected chi connectivity index (χ4v) is 1.61. The van der Waals surface area contributed by atoms with Crippen molar-refractivity contribution in [2.45, 2.75) is 45.1 Å². The van der Waals surface area contributed by atoms with Gasteiger partial charge < -0.3 is 10.4 Å². The Bertz CT molecular complexity index is 223. The third-order valence-corrected chi connectivity index (χ3v) is 2.59. The van der Waals surface area contributed by atoms with Crippen LogP contribution in [0.2, 0.25) is 0 Å². The molecule has 1 aliphatic rings. The van der Waals surface area contributed by atoms with E-state index < -0.39 is 5.97 Å². The van der Waals surface area contributed by atoms with Gasteiger partial charge in [0.1, 0.15) is 0 Å². The number of amides is 1. The molecule has 1 unspecified atom stereocenters. The summed E-state index contributed by atoms with van der Waals surface area (Å²) < 4.78 is 0. The van der Waals surface area contributed by atoms with Crippen LogP contribution in [0, 0.1) is 5.92 Å². The first kappa shape index (κ1) is 11.0. The predicted molar refractivity (Wildman–Crippen MR) is 51.8 cm³/mol. The Kier molecular flexibility index (Phi) is 3.92. The zero-order valence-electron chi connectivity index (χ0n) is 8.45. The van der Waals surface area contributed by atoms with E-state index in [1.807, 2.05) is 0 Å². The van der Waals surface area contributed by atoms with E-state index in [0.29, 0.717) is 12.3 Å². The van der Waals surface area contributed by atoms with Gasteiger partial charge in [0.05, 0.1) is 6.42 Å². The van der Waals surface area contributed by atoms with E-state index in [-0.39, 0.29) is 18.4 Å². The van der Waals surface area contributed by atoms with Gasteiger partial charge in [-0.3, -0.25) is 9.59 Å². The number of rotatable bonds is 5. The molecule has 4 nitrogen and oxygen atoms in total. The molecule has 1 fully saturated rings. The predicted octanol–water partition coefficient (Wildman–Crippen LogP) is 1.16. The molecule has 1 saturated carbocycles. The average molecular weight is 199 g/mol. The zero-order valence-corrected chi connectivity index (χ0v) is 8.45. The maximum absolute atomic E-state index is 11.3. The lowest BCUT2D eigenvalue weighted by atomic mass is 9.83. The molecule has 1 rings (SSSR count). The fourth-order valence-electron chi connectivity index (χ4n) is 1.61. The van der Waals surface area contributed by atoms with Crippen LogP contribution in [0.25, 0.3) is 0 Å². The summed E-state index contributed by atoms with van der Waals surface area (Å²) >= 11 is 0. The molecular weight excluding hydrogens is 182 g/mol. The summed E-state index contributed by atoms with van der Waals surface area (Å²) in [4.78, 5) is 21.7. The highest BCUT2D eigenvalue weighted by Gasteiger charge is 2.21. The molecule has 0 spiro atoms. The van der Waals surface area contributed by atoms with Crippen molar-refractivity contribution in [1.82, 2.24) is 5.32 Å². The Labute approximate surface area is 83.7 Å². The molecule has 1 aliphatic carbocycles. The van der Waals surface area contributed by atoms with Gasteiger partial charge in [0.2, 0.25) is 5.91 Å². The van der Waals surface area contributed by atoms with Crippen molar-refractivity contribution in [3.05, 3.63) is 0 Å². The Morgan fingerprint density at radius 3 is 2.57 bits per heavy atom. The Balaban J connectivity index is 2.14. The highest BCUT2D eigenvalue weighted by Crippen LogP contribution is 2.29. The highest BCUT2D eigenvalue weighted by atomic mass is 16.4. The van der Waals surface area contributed by atoms with E-state index >= 15 is 0 Å². The summed E-state index contributed by atoms with van der Waals surface area (Å²) in [6.45, 7) is 1.72. The van der Waals surface area contributed by atoms with Crippen LogP contribution in [-0.2, 0) is 9.59 Å². The van der Waals surface area contributed by atoms with Crippen molar-refractivity contribution < 1.29 is 14.7 Å². The van der Waals surface area contributed by atoms with Crippen LogP contribution in [0.15, 0.2) is 0 Å². The number of carbonyl (C=O) groups is 2. The summed E-state index contributed by atoms with van der Waals surface area (Å²) in [5, 5.41) is 11.2. The van der Waals surface area contributed by atoms with Crippen LogP contribution >= 0.6 is 0 Å². The standard InChI is InChI=1S/C10H17NO3/c1-7(5-10(13)14)11-9(12)6-8-3-2-4-8/h7-8H,2-6H2,1H3,(H,11,12)(H,13,14). The quantitative estimate of drug-likeness (QED) is 0.698. The third-order valence-electron chi connectivity index (χ3n) is 2.59. The molecular formula is C10H17NO3. The second kappa shape index (κ2) is 4.98. The van der Waals surface area contributed by atoms with Gasteiger partial charge in [-0.05, 0) is 25.7 Å². The summed E-state index contributed by atoms with van der Waals surface area (Å²) in [6, 6.07) is -0.264. The Morgan fingerprint density at radius 1 is 1.50 bits per heavy atom. The molecule has 0 bridgehead atoms. The number of carboxylic acid groups (broad SMARTS) is 1. The minimum absolute atomic E-state index is 0.00356. The topological polar surface area (TPSA) is 66.4 Å². The second-order valence-corrected chi connectivity index (χ2v) is 4.07. The van der Waals surface area contributed by atoms with Gasteiger partial charge in [0.25, 0.3) is 0 Å². The maximum atomic E-state index is 11.3. The molecule has 2 N–H and O–H groups in total. The van der Waals surface area contributed by atoms with Crippen molar-refractivity contribution in [1.29, 1.82) is 0 Å². The third kappa shape index (κ3) is 3.77. The number of carbonyl (C=O) groups excluding carboxylic acids is 1. The van der Waals surface area contributed by atoms with Gasteiger partial charge in [0, 0.05) is 12.5 Å². The van der Waals surface area contributed by atoms with Crippen LogP contribution in [0.4, 0.5) is 0 Å². The SMILES string of the molecule is CC(CC(=O)O)NC(=O)CC1CCC1. The maximum Gasteiger partial charge on any atom is 0.305 e. The first-order valence-corrected chi connectivity index (χ1v) is 5.09. The first-order chi connectivity index (χ1) is 6.58. The van der Waals surface area contributed by atoms with E-state index in [1.54, 1.807) is 6.92 Å². The molecule has 0 aliphatic heterocycles. The lowest BCUT2D eigenvalue weighted by Gasteiger charge is -2.25. The number of hydrogen-bond acceptors (Lipinski definition) is 2. The smallest absolute Gasteiger partial charge is 0.305 e. The van der Waals surface area contributed by atoms with E-state index in [1.165, 1.54) is 6.42 Å². The number of carboxylic acids is 1. The lowest BCUT2D eigenvalue weighted by molar-refractivity contribution is -0.137. The fraction of sp³-hybridized carbons (Fsp3) is 0.800. The molecule has 1 amide bonds. The average Bonchev–Trinajstić information content (AvgIpc) is 1.94.